The molecule has 0 aliphatic carbocycles. The van der Waals surface area contributed by atoms with Crippen molar-refractivity contribution >= 4 is 46.9 Å². The minimum Gasteiger partial charge on any atom is -0.357 e. The molecule has 1 amide bonds. The molecule has 1 aliphatic rings. The van der Waals surface area contributed by atoms with Crippen LogP contribution in [0.2, 0.25) is 0 Å². The largest absolute Gasteiger partial charge is 0.357 e. The number of fused-ring (bicyclic) bond motifs is 1. The van der Waals surface area contributed by atoms with E-state index in [0.29, 0.717) is 13.0 Å². The first-order valence-corrected chi connectivity index (χ1v) is 9.39. The molecule has 1 saturated heterocycles. The lowest BCUT2D eigenvalue weighted by Crippen LogP contribution is -2.39. The van der Waals surface area contributed by atoms with E-state index in [9.17, 15) is 4.79 Å². The van der Waals surface area contributed by atoms with E-state index in [1.165, 1.54) is 0 Å². The zero-order valence-corrected chi connectivity index (χ0v) is 18.4. The second kappa shape index (κ2) is 10.5. The Hall–Kier alpha value is -1.84. The van der Waals surface area contributed by atoms with Gasteiger partial charge in [-0.25, -0.2) is 9.98 Å². The number of imidazole rings is 1. The van der Waals surface area contributed by atoms with Gasteiger partial charge in [0.05, 0.1) is 11.0 Å². The number of rotatable bonds is 7. The lowest BCUT2D eigenvalue weighted by Gasteiger charge is -2.16. The summed E-state index contributed by atoms with van der Waals surface area (Å²) >= 11 is 0. The van der Waals surface area contributed by atoms with Crippen LogP contribution in [0.3, 0.4) is 0 Å². The summed E-state index contributed by atoms with van der Waals surface area (Å²) in [5.74, 6) is 2.01. The van der Waals surface area contributed by atoms with Gasteiger partial charge in [0.25, 0.3) is 0 Å². The molecule has 3 rings (SSSR count). The average Bonchev–Trinajstić information content (AvgIpc) is 3.20. The van der Waals surface area contributed by atoms with Crippen molar-refractivity contribution in [3.8, 4) is 0 Å². The number of likely N-dealkylation sites (tertiary alicyclic amines) is 1. The first kappa shape index (κ1) is 21.5. The van der Waals surface area contributed by atoms with Crippen LogP contribution in [0.15, 0.2) is 29.3 Å². The van der Waals surface area contributed by atoms with Gasteiger partial charge in [-0.05, 0) is 31.9 Å². The van der Waals surface area contributed by atoms with Crippen LogP contribution >= 0.6 is 24.0 Å². The third kappa shape index (κ3) is 5.57. The fourth-order valence-electron chi connectivity index (χ4n) is 3.25. The quantitative estimate of drug-likeness (QED) is 0.274. The molecule has 7 nitrogen and oxygen atoms in total. The van der Waals surface area contributed by atoms with Gasteiger partial charge in [0.15, 0.2) is 5.96 Å². The van der Waals surface area contributed by atoms with Gasteiger partial charge in [-0.1, -0.05) is 12.1 Å². The summed E-state index contributed by atoms with van der Waals surface area (Å²) in [5.41, 5.74) is 2.11. The Bertz CT molecular complexity index is 788. The predicted molar refractivity (Wildman–Crippen MR) is 119 cm³/mol. The van der Waals surface area contributed by atoms with E-state index in [1.807, 2.05) is 30.1 Å². The molecule has 1 aromatic carbocycles. The van der Waals surface area contributed by atoms with Gasteiger partial charge in [-0.2, -0.15) is 0 Å². The van der Waals surface area contributed by atoms with Crippen molar-refractivity contribution in [2.75, 3.05) is 26.2 Å². The van der Waals surface area contributed by atoms with Gasteiger partial charge in [0, 0.05) is 39.6 Å². The number of nitrogens with zero attached hydrogens (tertiary/aromatic N) is 4. The number of hydrogen-bond acceptors (Lipinski definition) is 3. The Morgan fingerprint density at radius 1 is 1.30 bits per heavy atom. The number of carbonyl (C=O) groups excluding carboxylic acids is 1. The molecule has 8 heteroatoms. The molecule has 148 valence electrons. The zero-order chi connectivity index (χ0) is 18.4. The van der Waals surface area contributed by atoms with Crippen LogP contribution < -0.4 is 10.6 Å². The molecule has 0 saturated carbocycles. The second-order valence-electron chi connectivity index (χ2n) is 6.54. The number of aryl methyl sites for hydroxylation is 1. The van der Waals surface area contributed by atoms with Crippen LogP contribution in [0.4, 0.5) is 0 Å². The third-order valence-corrected chi connectivity index (χ3v) is 4.67. The lowest BCUT2D eigenvalue weighted by atomic mass is 10.3. The first-order valence-electron chi connectivity index (χ1n) is 9.39. The van der Waals surface area contributed by atoms with Crippen LogP contribution in [0.25, 0.3) is 11.0 Å². The number of carbonyl (C=O) groups is 1. The molecule has 1 aliphatic heterocycles. The molecule has 0 spiro atoms. The van der Waals surface area contributed by atoms with Gasteiger partial charge < -0.3 is 20.1 Å². The molecule has 0 bridgehead atoms. The highest BCUT2D eigenvalue weighted by atomic mass is 127. The number of benzene rings is 1. The SMILES string of the molecule is CCNC(=NCc1nc2ccccc2n1C)NCCCN1CCCC1=O.I. The minimum atomic E-state index is 0. The molecular formula is C19H29IN6O. The van der Waals surface area contributed by atoms with E-state index in [0.717, 1.165) is 61.8 Å². The summed E-state index contributed by atoms with van der Waals surface area (Å²) in [5, 5.41) is 6.61. The lowest BCUT2D eigenvalue weighted by molar-refractivity contribution is -0.127. The molecule has 2 N–H and O–H groups in total. The second-order valence-corrected chi connectivity index (χ2v) is 6.54. The third-order valence-electron chi connectivity index (χ3n) is 4.67. The summed E-state index contributed by atoms with van der Waals surface area (Å²) < 4.78 is 2.08. The summed E-state index contributed by atoms with van der Waals surface area (Å²) in [6.45, 7) is 5.88. The topological polar surface area (TPSA) is 74.6 Å². The number of aromatic nitrogens is 2. The van der Waals surface area contributed by atoms with E-state index >= 15 is 0 Å². The van der Waals surface area contributed by atoms with Crippen LogP contribution in [0.5, 0.6) is 0 Å². The molecule has 2 aromatic rings. The van der Waals surface area contributed by atoms with Crippen molar-refractivity contribution in [1.29, 1.82) is 0 Å². The zero-order valence-electron chi connectivity index (χ0n) is 16.1. The Kier molecular flexibility index (Phi) is 8.33. The highest BCUT2D eigenvalue weighted by Gasteiger charge is 2.18. The van der Waals surface area contributed by atoms with Crippen molar-refractivity contribution in [3.05, 3.63) is 30.1 Å². The van der Waals surface area contributed by atoms with Gasteiger partial charge in [-0.15, -0.1) is 24.0 Å². The number of halogens is 1. The molecule has 0 radical (unpaired) electrons. The molecule has 0 unspecified atom stereocenters. The Balaban J connectivity index is 0.00000261. The van der Waals surface area contributed by atoms with Crippen molar-refractivity contribution in [3.63, 3.8) is 0 Å². The van der Waals surface area contributed by atoms with Gasteiger partial charge in [0.1, 0.15) is 12.4 Å². The molecule has 1 aromatic heterocycles. The smallest absolute Gasteiger partial charge is 0.222 e. The molecule has 1 fully saturated rings. The summed E-state index contributed by atoms with van der Waals surface area (Å²) in [6, 6.07) is 8.11. The van der Waals surface area contributed by atoms with E-state index in [-0.39, 0.29) is 29.9 Å². The number of nitrogens with one attached hydrogen (secondary N) is 2. The fourth-order valence-corrected chi connectivity index (χ4v) is 3.25. The van der Waals surface area contributed by atoms with E-state index in [4.69, 9.17) is 0 Å². The van der Waals surface area contributed by atoms with E-state index in [2.05, 4.69) is 38.2 Å². The van der Waals surface area contributed by atoms with Crippen molar-refractivity contribution in [1.82, 2.24) is 25.1 Å². The summed E-state index contributed by atoms with van der Waals surface area (Å²) in [6.07, 6.45) is 2.62. The van der Waals surface area contributed by atoms with Crippen molar-refractivity contribution < 1.29 is 4.79 Å². The number of amides is 1. The first-order chi connectivity index (χ1) is 12.7. The maximum Gasteiger partial charge on any atom is 0.222 e. The number of aliphatic imine (C=N–C) groups is 1. The average molecular weight is 484 g/mol. The highest BCUT2D eigenvalue weighted by Crippen LogP contribution is 2.14. The van der Waals surface area contributed by atoms with Crippen molar-refractivity contribution in [2.24, 2.45) is 12.0 Å². The standard InChI is InChI=1S/C19H28N6O.HI/c1-3-20-19(21-11-7-13-25-12-6-10-18(25)26)22-14-17-23-15-8-4-5-9-16(15)24(17)2;/h4-5,8-9H,3,6-7,10-14H2,1-2H3,(H2,20,21,22);1H. The number of hydrogen-bond donors (Lipinski definition) is 2. The van der Waals surface area contributed by atoms with Crippen LogP contribution in [-0.4, -0.2) is 52.5 Å². The maximum atomic E-state index is 11.6. The van der Waals surface area contributed by atoms with Crippen LogP contribution in [-0.2, 0) is 18.4 Å². The number of para-hydroxylation sites is 2. The predicted octanol–water partition coefficient (Wildman–Crippen LogP) is 2.26. The maximum absolute atomic E-state index is 11.6. The van der Waals surface area contributed by atoms with Gasteiger partial charge >= 0.3 is 0 Å². The summed E-state index contributed by atoms with van der Waals surface area (Å²) in [4.78, 5) is 22.9. The Labute approximate surface area is 177 Å². The summed E-state index contributed by atoms with van der Waals surface area (Å²) in [7, 11) is 2.02. The normalized spacial score (nSPS) is 14.5. The van der Waals surface area contributed by atoms with Crippen LogP contribution in [0, 0.1) is 0 Å². The highest BCUT2D eigenvalue weighted by molar-refractivity contribution is 14.0. The molecular weight excluding hydrogens is 455 g/mol. The molecule has 2 heterocycles. The van der Waals surface area contributed by atoms with Crippen molar-refractivity contribution in [2.45, 2.75) is 32.7 Å². The molecule has 0 atom stereocenters. The van der Waals surface area contributed by atoms with Gasteiger partial charge in [0.2, 0.25) is 5.91 Å². The van der Waals surface area contributed by atoms with Gasteiger partial charge in [-0.3, -0.25) is 4.79 Å². The number of guanidine groups is 1. The monoisotopic (exact) mass is 484 g/mol. The Morgan fingerprint density at radius 3 is 2.81 bits per heavy atom. The Morgan fingerprint density at radius 2 is 2.11 bits per heavy atom. The molecule has 27 heavy (non-hydrogen) atoms. The van der Waals surface area contributed by atoms with E-state index in [1.54, 1.807) is 0 Å². The van der Waals surface area contributed by atoms with E-state index < -0.39 is 0 Å². The van der Waals surface area contributed by atoms with Crippen LogP contribution in [0.1, 0.15) is 32.0 Å². The fraction of sp³-hybridized carbons (Fsp3) is 0.526. The minimum absolute atomic E-state index is 0.